The minimum Gasteiger partial charge on any atom is -0.504 e. The van der Waals surface area contributed by atoms with E-state index in [-0.39, 0.29) is 17.3 Å². The number of rotatable bonds is 7. The highest BCUT2D eigenvalue weighted by molar-refractivity contribution is 8.07. The first-order valence-corrected chi connectivity index (χ1v) is 11.0. The van der Waals surface area contributed by atoms with Crippen LogP contribution in [0, 0.1) is 5.82 Å². The van der Waals surface area contributed by atoms with Gasteiger partial charge < -0.3 is 9.63 Å². The van der Waals surface area contributed by atoms with Crippen LogP contribution in [0.15, 0.2) is 48.5 Å². The zero-order valence-electron chi connectivity index (χ0n) is 14.9. The average molecular weight is 407 g/mol. The van der Waals surface area contributed by atoms with Crippen LogP contribution in [-0.2, 0) is 20.9 Å². The number of halogens is 1. The highest BCUT2D eigenvalue weighted by Crippen LogP contribution is 2.51. The summed E-state index contributed by atoms with van der Waals surface area (Å²) in [4.78, 5) is 4.51. The standard InChI is InChI=1S/C19H19FNO4PS/c1-3-23-26(27,24-4-2)25-19-10-6-14(12-18(19)22)16-8-5-13-11-15(20)7-9-17(13)21-16/h5-12,22H,3-4H2,1-2H3. The molecule has 0 saturated heterocycles. The molecule has 5 nitrogen and oxygen atoms in total. The van der Waals surface area contributed by atoms with Gasteiger partial charge >= 0.3 is 6.72 Å². The first-order chi connectivity index (χ1) is 12.9. The van der Waals surface area contributed by atoms with Crippen LogP contribution in [0.2, 0.25) is 0 Å². The predicted molar refractivity (Wildman–Crippen MR) is 107 cm³/mol. The molecule has 1 aromatic heterocycles. The minimum atomic E-state index is -2.97. The van der Waals surface area contributed by atoms with Gasteiger partial charge in [-0.3, -0.25) is 9.05 Å². The van der Waals surface area contributed by atoms with E-state index in [1.54, 1.807) is 44.2 Å². The van der Waals surface area contributed by atoms with E-state index in [2.05, 4.69) is 4.98 Å². The summed E-state index contributed by atoms with van der Waals surface area (Å²) < 4.78 is 29.8. The molecule has 0 aliphatic carbocycles. The molecule has 27 heavy (non-hydrogen) atoms. The van der Waals surface area contributed by atoms with Crippen LogP contribution in [0.25, 0.3) is 22.2 Å². The highest BCUT2D eigenvalue weighted by atomic mass is 32.5. The van der Waals surface area contributed by atoms with E-state index in [0.717, 1.165) is 0 Å². The number of fused-ring (bicyclic) bond motifs is 1. The van der Waals surface area contributed by atoms with Gasteiger partial charge in [-0.2, -0.15) is 0 Å². The van der Waals surface area contributed by atoms with Crippen LogP contribution in [0.5, 0.6) is 11.5 Å². The predicted octanol–water partition coefficient (Wildman–Crippen LogP) is 5.42. The molecule has 1 heterocycles. The van der Waals surface area contributed by atoms with E-state index in [9.17, 15) is 9.50 Å². The molecule has 0 aliphatic rings. The summed E-state index contributed by atoms with van der Waals surface area (Å²) in [5.74, 6) is -0.218. The fourth-order valence-corrected chi connectivity index (χ4v) is 4.62. The average Bonchev–Trinajstić information content (AvgIpc) is 2.63. The Morgan fingerprint density at radius 2 is 1.78 bits per heavy atom. The zero-order chi connectivity index (χ0) is 19.4. The summed E-state index contributed by atoms with van der Waals surface area (Å²) in [5, 5.41) is 11.1. The summed E-state index contributed by atoms with van der Waals surface area (Å²) in [7, 11) is 0. The second-order valence-electron chi connectivity index (χ2n) is 5.59. The van der Waals surface area contributed by atoms with Crippen LogP contribution in [0.3, 0.4) is 0 Å². The largest absolute Gasteiger partial charge is 0.504 e. The quantitative estimate of drug-likeness (QED) is 0.528. The molecule has 3 aromatic rings. The number of benzene rings is 2. The first-order valence-electron chi connectivity index (χ1n) is 8.42. The van der Waals surface area contributed by atoms with Crippen molar-refractivity contribution in [3.05, 3.63) is 54.3 Å². The van der Waals surface area contributed by atoms with Crippen molar-refractivity contribution in [2.75, 3.05) is 13.2 Å². The molecule has 0 fully saturated rings. The first kappa shape index (κ1) is 19.7. The van der Waals surface area contributed by atoms with Crippen LogP contribution in [0.4, 0.5) is 4.39 Å². The van der Waals surface area contributed by atoms with Crippen molar-refractivity contribution in [3.63, 3.8) is 0 Å². The summed E-state index contributed by atoms with van der Waals surface area (Å²) in [5.41, 5.74) is 1.99. The van der Waals surface area contributed by atoms with Gasteiger partial charge in [0.1, 0.15) is 5.82 Å². The van der Waals surface area contributed by atoms with Gasteiger partial charge in [-0.15, -0.1) is 0 Å². The van der Waals surface area contributed by atoms with E-state index in [1.807, 2.05) is 0 Å². The molecular formula is C19H19FNO4PS. The van der Waals surface area contributed by atoms with Gasteiger partial charge in [-0.05, 0) is 56.3 Å². The van der Waals surface area contributed by atoms with Crippen LogP contribution in [-0.4, -0.2) is 23.3 Å². The topological polar surface area (TPSA) is 60.8 Å². The molecule has 0 amide bonds. The third kappa shape index (κ3) is 4.62. The lowest BCUT2D eigenvalue weighted by atomic mass is 10.1. The molecule has 0 spiro atoms. The van der Waals surface area contributed by atoms with Gasteiger partial charge in [0.2, 0.25) is 0 Å². The van der Waals surface area contributed by atoms with Crippen molar-refractivity contribution in [1.29, 1.82) is 0 Å². The number of aromatic hydroxyl groups is 1. The lowest BCUT2D eigenvalue weighted by Crippen LogP contribution is -2.02. The molecule has 3 rings (SSSR count). The minimum absolute atomic E-state index is 0.0952. The number of hydrogen-bond acceptors (Lipinski definition) is 6. The normalized spacial score (nSPS) is 11.7. The van der Waals surface area contributed by atoms with E-state index < -0.39 is 6.72 Å². The SMILES string of the molecule is CCOP(=S)(OCC)Oc1ccc(-c2ccc3cc(F)ccc3n2)cc1O. The Balaban J connectivity index is 1.90. The smallest absolute Gasteiger partial charge is 0.380 e. The van der Waals surface area contributed by atoms with Gasteiger partial charge in [0.15, 0.2) is 11.5 Å². The molecule has 142 valence electrons. The van der Waals surface area contributed by atoms with Gasteiger partial charge in [-0.25, -0.2) is 9.37 Å². The molecule has 2 aromatic carbocycles. The number of aromatic nitrogens is 1. The Kier molecular flexibility index (Phi) is 6.07. The van der Waals surface area contributed by atoms with Crippen LogP contribution < -0.4 is 4.52 Å². The molecule has 0 aliphatic heterocycles. The number of phenolic OH excluding ortho intramolecular Hbond substituents is 1. The van der Waals surface area contributed by atoms with E-state index in [1.165, 1.54) is 18.2 Å². The van der Waals surface area contributed by atoms with Crippen molar-refractivity contribution in [3.8, 4) is 22.8 Å². The maximum Gasteiger partial charge on any atom is 0.380 e. The number of phenols is 1. The Hall–Kier alpha value is -2.05. The molecule has 0 atom stereocenters. The van der Waals surface area contributed by atoms with E-state index in [4.69, 9.17) is 25.4 Å². The van der Waals surface area contributed by atoms with E-state index in [0.29, 0.717) is 35.4 Å². The van der Waals surface area contributed by atoms with E-state index >= 15 is 0 Å². The number of hydrogen-bond donors (Lipinski definition) is 1. The van der Waals surface area contributed by atoms with Gasteiger partial charge in [0.05, 0.1) is 24.4 Å². The third-order valence-corrected chi connectivity index (χ3v) is 6.12. The summed E-state index contributed by atoms with van der Waals surface area (Å²) in [6.07, 6.45) is 0. The second kappa shape index (κ2) is 8.31. The molecule has 0 unspecified atom stereocenters. The Labute approximate surface area is 162 Å². The summed E-state index contributed by atoms with van der Waals surface area (Å²) >= 11 is 5.32. The lowest BCUT2D eigenvalue weighted by molar-refractivity contribution is 0.216. The van der Waals surface area contributed by atoms with Gasteiger partial charge in [0, 0.05) is 22.8 Å². The molecule has 1 N–H and O–H groups in total. The van der Waals surface area contributed by atoms with Gasteiger partial charge in [-0.1, -0.05) is 6.07 Å². The molecule has 8 heteroatoms. The molecular weight excluding hydrogens is 388 g/mol. The Bertz CT molecular complexity index is 1000. The van der Waals surface area contributed by atoms with Crippen LogP contribution >= 0.6 is 6.72 Å². The molecule has 0 bridgehead atoms. The second-order valence-corrected chi connectivity index (χ2v) is 8.53. The van der Waals surface area contributed by atoms with Crippen molar-refractivity contribution in [2.45, 2.75) is 13.8 Å². The summed E-state index contributed by atoms with van der Waals surface area (Å²) in [6.45, 7) is 1.31. The van der Waals surface area contributed by atoms with Crippen molar-refractivity contribution in [1.82, 2.24) is 4.98 Å². The fourth-order valence-electron chi connectivity index (χ4n) is 2.54. The highest BCUT2D eigenvalue weighted by Gasteiger charge is 2.23. The van der Waals surface area contributed by atoms with Crippen LogP contribution in [0.1, 0.15) is 13.8 Å². The fraction of sp³-hybridized carbons (Fsp3) is 0.211. The zero-order valence-corrected chi connectivity index (χ0v) is 16.6. The maximum atomic E-state index is 13.3. The van der Waals surface area contributed by atoms with Crippen molar-refractivity contribution < 1.29 is 23.1 Å². The molecule has 0 radical (unpaired) electrons. The van der Waals surface area contributed by atoms with Crippen molar-refractivity contribution in [2.24, 2.45) is 0 Å². The number of nitrogens with zero attached hydrogens (tertiary/aromatic N) is 1. The van der Waals surface area contributed by atoms with Gasteiger partial charge in [0.25, 0.3) is 0 Å². The lowest BCUT2D eigenvalue weighted by Gasteiger charge is -2.21. The maximum absolute atomic E-state index is 13.3. The third-order valence-electron chi connectivity index (χ3n) is 3.69. The van der Waals surface area contributed by atoms with Crippen molar-refractivity contribution >= 4 is 29.4 Å². The number of pyridine rings is 1. The monoisotopic (exact) mass is 407 g/mol. The Morgan fingerprint density at radius 3 is 2.44 bits per heavy atom. The summed E-state index contributed by atoms with van der Waals surface area (Å²) in [6, 6.07) is 12.8. The molecule has 0 saturated carbocycles. The Morgan fingerprint density at radius 1 is 1.04 bits per heavy atom.